The van der Waals surface area contributed by atoms with Crippen molar-refractivity contribution in [2.45, 2.75) is 36.7 Å². The number of fused-ring (bicyclic) bond motifs is 2. The number of hydrogen-bond donors (Lipinski definition) is 0. The van der Waals surface area contributed by atoms with Gasteiger partial charge in [0, 0.05) is 16.6 Å². The molecule has 3 heterocycles. The lowest BCUT2D eigenvalue weighted by molar-refractivity contribution is -0.0960. The summed E-state index contributed by atoms with van der Waals surface area (Å²) < 4.78 is 12.6. The van der Waals surface area contributed by atoms with E-state index in [1.807, 2.05) is 12.1 Å². The van der Waals surface area contributed by atoms with E-state index in [4.69, 9.17) is 9.26 Å². The second-order valence-corrected chi connectivity index (χ2v) is 7.23. The fourth-order valence-corrected chi connectivity index (χ4v) is 4.27. The molecule has 2 atom stereocenters. The van der Waals surface area contributed by atoms with Crippen LogP contribution in [0.25, 0.3) is 11.5 Å². The first kappa shape index (κ1) is 12.3. The molecule has 5 nitrogen and oxygen atoms in total. The molecule has 21 heavy (non-hydrogen) atoms. The van der Waals surface area contributed by atoms with Crippen LogP contribution in [0.3, 0.4) is 0 Å². The predicted molar refractivity (Wildman–Crippen MR) is 77.5 cm³/mol. The van der Waals surface area contributed by atoms with Crippen molar-refractivity contribution in [2.75, 3.05) is 6.61 Å². The van der Waals surface area contributed by atoms with Gasteiger partial charge in [-0.1, -0.05) is 5.16 Å². The van der Waals surface area contributed by atoms with Crippen molar-refractivity contribution in [3.63, 3.8) is 0 Å². The first-order valence-electron chi connectivity index (χ1n) is 7.34. The summed E-state index contributed by atoms with van der Waals surface area (Å²) in [5.74, 6) is 1.88. The molecule has 108 valence electrons. The topological polar surface area (TPSA) is 61.0 Å². The van der Waals surface area contributed by atoms with Crippen LogP contribution in [-0.2, 0) is 10.2 Å². The van der Waals surface area contributed by atoms with Gasteiger partial charge in [0.05, 0.1) is 17.6 Å². The Labute approximate surface area is 130 Å². The largest absolute Gasteiger partial charge is 0.374 e. The summed E-state index contributed by atoms with van der Waals surface area (Å²) in [5.41, 5.74) is 0.712. The highest BCUT2D eigenvalue weighted by Gasteiger charge is 2.77. The van der Waals surface area contributed by atoms with E-state index in [1.165, 1.54) is 6.42 Å². The number of halogens is 1. The number of rotatable bonds is 2. The maximum atomic E-state index is 6.08. The molecule has 1 saturated heterocycles. The van der Waals surface area contributed by atoms with Crippen molar-refractivity contribution in [2.24, 2.45) is 5.92 Å². The van der Waals surface area contributed by atoms with Gasteiger partial charge in [-0.25, -0.2) is 0 Å². The van der Waals surface area contributed by atoms with Gasteiger partial charge in [-0.15, -0.1) is 0 Å². The van der Waals surface area contributed by atoms with Gasteiger partial charge in [0.15, 0.2) is 0 Å². The molecule has 1 spiro atoms. The van der Waals surface area contributed by atoms with Crippen LogP contribution in [0.4, 0.5) is 0 Å². The first-order chi connectivity index (χ1) is 10.2. The van der Waals surface area contributed by atoms with Gasteiger partial charge in [0.1, 0.15) is 5.69 Å². The average Bonchev–Trinajstić information content (AvgIpc) is 2.86. The fourth-order valence-electron chi connectivity index (χ4n) is 4.04. The second-order valence-electron chi connectivity index (χ2n) is 6.32. The summed E-state index contributed by atoms with van der Waals surface area (Å²) in [4.78, 5) is 8.98. The molecular weight excluding hydrogens is 334 g/mol. The predicted octanol–water partition coefficient (Wildman–Crippen LogP) is 3.10. The van der Waals surface area contributed by atoms with E-state index >= 15 is 0 Å². The highest BCUT2D eigenvalue weighted by Crippen LogP contribution is 2.71. The Morgan fingerprint density at radius 3 is 2.86 bits per heavy atom. The third-order valence-corrected chi connectivity index (χ3v) is 5.87. The monoisotopic (exact) mass is 347 g/mol. The minimum absolute atomic E-state index is 0.00807. The van der Waals surface area contributed by atoms with E-state index in [9.17, 15) is 0 Å². The minimum Gasteiger partial charge on any atom is -0.374 e. The average molecular weight is 348 g/mol. The smallest absolute Gasteiger partial charge is 0.236 e. The molecule has 3 aliphatic rings. The quantitative estimate of drug-likeness (QED) is 0.835. The molecule has 2 aromatic heterocycles. The normalized spacial score (nSPS) is 32.0. The number of hydrogen-bond acceptors (Lipinski definition) is 5. The Morgan fingerprint density at radius 2 is 2.19 bits per heavy atom. The molecule has 0 amide bonds. The van der Waals surface area contributed by atoms with Gasteiger partial charge in [-0.3, -0.25) is 4.98 Å². The van der Waals surface area contributed by atoms with Crippen LogP contribution in [0, 0.1) is 5.92 Å². The summed E-state index contributed by atoms with van der Waals surface area (Å²) in [6, 6.07) is 3.83. The molecule has 2 aromatic rings. The molecule has 3 fully saturated rings. The van der Waals surface area contributed by atoms with E-state index < -0.39 is 0 Å². The third-order valence-electron chi connectivity index (χ3n) is 5.40. The molecular formula is C15H14BrN3O2. The zero-order valence-corrected chi connectivity index (χ0v) is 13.0. The third kappa shape index (κ3) is 1.47. The van der Waals surface area contributed by atoms with Crippen LogP contribution in [0.2, 0.25) is 0 Å². The van der Waals surface area contributed by atoms with Crippen LogP contribution in [-0.4, -0.2) is 27.3 Å². The summed E-state index contributed by atoms with van der Waals surface area (Å²) in [5, 5.41) is 4.14. The molecule has 0 unspecified atom stereocenters. The molecule has 0 radical (unpaired) electrons. The molecule has 2 saturated carbocycles. The Bertz CT molecular complexity index is 710. The van der Waals surface area contributed by atoms with Crippen molar-refractivity contribution in [1.82, 2.24) is 15.1 Å². The number of pyridine rings is 1. The van der Waals surface area contributed by atoms with Crippen molar-refractivity contribution in [3.8, 4) is 11.5 Å². The molecule has 2 aliphatic carbocycles. The molecule has 0 N–H and O–H groups in total. The van der Waals surface area contributed by atoms with Crippen molar-refractivity contribution in [1.29, 1.82) is 0 Å². The Hall–Kier alpha value is -1.27. The van der Waals surface area contributed by atoms with Crippen LogP contribution in [0.15, 0.2) is 27.3 Å². The number of ether oxygens (including phenoxy) is 1. The van der Waals surface area contributed by atoms with E-state index in [-0.39, 0.29) is 11.0 Å². The van der Waals surface area contributed by atoms with E-state index in [2.05, 4.69) is 31.1 Å². The molecule has 0 bridgehead atoms. The maximum Gasteiger partial charge on any atom is 0.236 e. The molecule has 0 aromatic carbocycles. The van der Waals surface area contributed by atoms with Gasteiger partial charge in [-0.05, 0) is 53.7 Å². The van der Waals surface area contributed by atoms with Crippen LogP contribution in [0.5, 0.6) is 0 Å². The first-order valence-corrected chi connectivity index (χ1v) is 8.13. The van der Waals surface area contributed by atoms with Gasteiger partial charge < -0.3 is 9.26 Å². The van der Waals surface area contributed by atoms with Gasteiger partial charge in [0.25, 0.3) is 0 Å². The van der Waals surface area contributed by atoms with Crippen molar-refractivity contribution in [3.05, 3.63) is 28.7 Å². The summed E-state index contributed by atoms with van der Waals surface area (Å²) in [6.07, 6.45) is 6.36. The lowest BCUT2D eigenvalue weighted by Crippen LogP contribution is -2.48. The Kier molecular flexibility index (Phi) is 2.30. The van der Waals surface area contributed by atoms with Gasteiger partial charge >= 0.3 is 0 Å². The zero-order valence-electron chi connectivity index (χ0n) is 11.4. The van der Waals surface area contributed by atoms with E-state index in [0.717, 1.165) is 41.9 Å². The maximum absolute atomic E-state index is 6.08. The van der Waals surface area contributed by atoms with Crippen molar-refractivity contribution < 1.29 is 9.26 Å². The lowest BCUT2D eigenvalue weighted by atomic mass is 9.68. The second kappa shape index (κ2) is 3.93. The molecule has 1 aliphatic heterocycles. The van der Waals surface area contributed by atoms with Crippen LogP contribution < -0.4 is 0 Å². The summed E-state index contributed by atoms with van der Waals surface area (Å²) >= 11 is 3.38. The lowest BCUT2D eigenvalue weighted by Gasteiger charge is -2.43. The Balaban J connectivity index is 1.53. The van der Waals surface area contributed by atoms with E-state index in [0.29, 0.717) is 11.7 Å². The Morgan fingerprint density at radius 1 is 1.29 bits per heavy atom. The summed E-state index contributed by atoms with van der Waals surface area (Å²) in [6.45, 7) is 0.842. The van der Waals surface area contributed by atoms with Gasteiger partial charge in [0.2, 0.25) is 11.7 Å². The van der Waals surface area contributed by atoms with Gasteiger partial charge in [-0.2, -0.15) is 4.98 Å². The highest BCUT2D eigenvalue weighted by molar-refractivity contribution is 9.10. The van der Waals surface area contributed by atoms with Crippen molar-refractivity contribution >= 4 is 15.9 Å². The molecule has 6 heteroatoms. The minimum atomic E-state index is -0.0192. The highest BCUT2D eigenvalue weighted by atomic mass is 79.9. The standard InChI is InChI=1S/C15H14BrN3O2/c16-10-2-3-11(17-7-10)12-18-13(21-19-12)15-6-9(15)8-20-14(15)4-1-5-14/h2-3,7,9H,1,4-6,8H2/t9-,15-/m0/s1. The molecule has 5 rings (SSSR count). The summed E-state index contributed by atoms with van der Waals surface area (Å²) in [7, 11) is 0. The van der Waals surface area contributed by atoms with E-state index in [1.54, 1.807) is 6.20 Å². The zero-order chi connectivity index (χ0) is 14.1. The SMILES string of the molecule is Brc1ccc(-c2noc([C@]34C[C@H]3COC43CCC3)n2)nc1. The fraction of sp³-hybridized carbons (Fsp3) is 0.533. The number of nitrogens with zero attached hydrogens (tertiary/aromatic N) is 3. The van der Waals surface area contributed by atoms with Crippen LogP contribution >= 0.6 is 15.9 Å². The number of aromatic nitrogens is 3. The van der Waals surface area contributed by atoms with Crippen LogP contribution in [0.1, 0.15) is 31.6 Å².